The van der Waals surface area contributed by atoms with Crippen molar-refractivity contribution in [1.29, 1.82) is 0 Å². The molecule has 0 saturated heterocycles. The Bertz CT molecular complexity index is 395. The van der Waals surface area contributed by atoms with Crippen molar-refractivity contribution in [1.82, 2.24) is 5.32 Å². The highest BCUT2D eigenvalue weighted by Crippen LogP contribution is 2.04. The molecule has 0 aromatic heterocycles. The van der Waals surface area contributed by atoms with E-state index in [0.717, 1.165) is 0 Å². The van der Waals surface area contributed by atoms with Gasteiger partial charge in [-0.25, -0.2) is 4.39 Å². The van der Waals surface area contributed by atoms with Gasteiger partial charge in [0.25, 0.3) is 5.91 Å². The number of hydrogen-bond donors (Lipinski definition) is 1. The molecule has 0 aliphatic carbocycles. The molecule has 0 aliphatic heterocycles. The van der Waals surface area contributed by atoms with Gasteiger partial charge in [-0.2, -0.15) is 0 Å². The van der Waals surface area contributed by atoms with Crippen molar-refractivity contribution in [2.24, 2.45) is 0 Å². The highest BCUT2D eigenvalue weighted by atomic mass is 79.9. The lowest BCUT2D eigenvalue weighted by Gasteiger charge is -2.01. The lowest BCUT2D eigenvalue weighted by Crippen LogP contribution is -2.21. The molecule has 1 aromatic rings. The van der Waals surface area contributed by atoms with E-state index >= 15 is 0 Å². The standard InChI is InChI=1S/C10H7BrFNO/c11-6-5-10(14)13-7-8-3-1-2-4-9(8)12/h1-4H,7H2,(H,13,14). The third-order valence-corrected chi connectivity index (χ3v) is 1.76. The van der Waals surface area contributed by atoms with Crippen LogP contribution in [0.5, 0.6) is 0 Å². The quantitative estimate of drug-likeness (QED) is 0.803. The van der Waals surface area contributed by atoms with Gasteiger partial charge in [0.2, 0.25) is 0 Å². The monoisotopic (exact) mass is 255 g/mol. The number of rotatable bonds is 2. The molecule has 2 nitrogen and oxygen atoms in total. The smallest absolute Gasteiger partial charge is 0.297 e. The number of hydrogen-bond acceptors (Lipinski definition) is 1. The van der Waals surface area contributed by atoms with Gasteiger partial charge in [0, 0.05) is 34.0 Å². The number of nitrogens with one attached hydrogen (secondary N) is 1. The van der Waals surface area contributed by atoms with E-state index in [4.69, 9.17) is 0 Å². The van der Waals surface area contributed by atoms with Gasteiger partial charge < -0.3 is 5.32 Å². The van der Waals surface area contributed by atoms with E-state index in [0.29, 0.717) is 5.56 Å². The van der Waals surface area contributed by atoms with Crippen LogP contribution < -0.4 is 5.32 Å². The van der Waals surface area contributed by atoms with Crippen molar-refractivity contribution in [3.05, 3.63) is 35.6 Å². The molecular formula is C10H7BrFNO. The van der Waals surface area contributed by atoms with E-state index < -0.39 is 5.91 Å². The SMILES string of the molecule is O=C(C#CBr)NCc1ccccc1F. The van der Waals surface area contributed by atoms with Crippen LogP contribution in [0.25, 0.3) is 0 Å². The Morgan fingerprint density at radius 3 is 2.86 bits per heavy atom. The summed E-state index contributed by atoms with van der Waals surface area (Å²) in [7, 11) is 0. The minimum Gasteiger partial charge on any atom is -0.341 e. The van der Waals surface area contributed by atoms with Crippen molar-refractivity contribution in [3.8, 4) is 10.8 Å². The zero-order chi connectivity index (χ0) is 10.4. The molecule has 0 fully saturated rings. The molecule has 1 rings (SSSR count). The summed E-state index contributed by atoms with van der Waals surface area (Å²) >= 11 is 2.79. The van der Waals surface area contributed by atoms with Crippen LogP contribution in [-0.2, 0) is 11.3 Å². The Balaban J connectivity index is 2.57. The van der Waals surface area contributed by atoms with Gasteiger partial charge in [0.05, 0.1) is 0 Å². The Morgan fingerprint density at radius 2 is 2.21 bits per heavy atom. The lowest BCUT2D eigenvalue weighted by molar-refractivity contribution is -0.115. The van der Waals surface area contributed by atoms with Crippen molar-refractivity contribution in [2.45, 2.75) is 6.54 Å². The molecule has 0 atom stereocenters. The Hall–Kier alpha value is -1.34. The molecule has 4 heteroatoms. The van der Waals surface area contributed by atoms with Crippen LogP contribution in [0, 0.1) is 16.6 Å². The fraction of sp³-hybridized carbons (Fsp3) is 0.100. The third-order valence-electron chi connectivity index (χ3n) is 1.56. The maximum atomic E-state index is 13.0. The van der Waals surface area contributed by atoms with E-state index in [-0.39, 0.29) is 12.4 Å². The van der Waals surface area contributed by atoms with E-state index in [2.05, 4.69) is 32.0 Å². The highest BCUT2D eigenvalue weighted by molar-refractivity contribution is 9.12. The number of amides is 1. The average molecular weight is 256 g/mol. The zero-order valence-electron chi connectivity index (χ0n) is 7.18. The molecule has 0 spiro atoms. The van der Waals surface area contributed by atoms with Crippen LogP contribution in [0.1, 0.15) is 5.56 Å². The fourth-order valence-corrected chi connectivity index (χ4v) is 1.08. The molecule has 14 heavy (non-hydrogen) atoms. The fourth-order valence-electron chi connectivity index (χ4n) is 0.904. The molecule has 72 valence electrons. The Morgan fingerprint density at radius 1 is 1.50 bits per heavy atom. The summed E-state index contributed by atoms with van der Waals surface area (Å²) < 4.78 is 13.0. The van der Waals surface area contributed by atoms with Crippen molar-refractivity contribution in [3.63, 3.8) is 0 Å². The first-order valence-corrected chi connectivity index (χ1v) is 4.66. The predicted octanol–water partition coefficient (Wildman–Crippen LogP) is 1.80. The van der Waals surface area contributed by atoms with Crippen LogP contribution in [0.15, 0.2) is 24.3 Å². The van der Waals surface area contributed by atoms with Crippen molar-refractivity contribution in [2.75, 3.05) is 0 Å². The minimum atomic E-state index is -0.440. The van der Waals surface area contributed by atoms with Gasteiger partial charge >= 0.3 is 0 Å². The summed E-state index contributed by atoms with van der Waals surface area (Å²) in [4.78, 5) is 13.2. The molecule has 0 saturated carbocycles. The van der Waals surface area contributed by atoms with Gasteiger partial charge in [0.1, 0.15) is 5.82 Å². The first-order chi connectivity index (χ1) is 6.74. The van der Waals surface area contributed by atoms with Crippen molar-refractivity contribution >= 4 is 21.8 Å². The first-order valence-electron chi connectivity index (χ1n) is 3.87. The topological polar surface area (TPSA) is 29.1 Å². The van der Waals surface area contributed by atoms with Crippen LogP contribution >= 0.6 is 15.9 Å². The highest BCUT2D eigenvalue weighted by Gasteiger charge is 2.01. The summed E-state index contributed by atoms with van der Waals surface area (Å²) in [6.45, 7) is 0.146. The molecule has 0 bridgehead atoms. The van der Waals surface area contributed by atoms with Crippen LogP contribution in [0.3, 0.4) is 0 Å². The molecule has 1 N–H and O–H groups in total. The van der Waals surface area contributed by atoms with Crippen molar-refractivity contribution < 1.29 is 9.18 Å². The third kappa shape index (κ3) is 3.19. The molecule has 0 heterocycles. The summed E-state index contributed by atoms with van der Waals surface area (Å²) in [6.07, 6.45) is 0. The Kier molecular flexibility index (Phi) is 4.14. The summed E-state index contributed by atoms with van der Waals surface area (Å²) in [5.74, 6) is 1.46. The van der Waals surface area contributed by atoms with Gasteiger partial charge in [-0.15, -0.1) is 0 Å². The maximum Gasteiger partial charge on any atom is 0.297 e. The van der Waals surface area contributed by atoms with E-state index in [1.807, 2.05) is 0 Å². The van der Waals surface area contributed by atoms with Crippen LogP contribution in [-0.4, -0.2) is 5.91 Å². The van der Waals surface area contributed by atoms with Gasteiger partial charge in [-0.1, -0.05) is 18.2 Å². The number of halogens is 2. The summed E-state index contributed by atoms with van der Waals surface area (Å²) in [5, 5.41) is 2.46. The average Bonchev–Trinajstić information content (AvgIpc) is 2.17. The number of benzene rings is 1. The molecule has 1 amide bonds. The first kappa shape index (κ1) is 10.7. The normalized spacial score (nSPS) is 8.71. The molecule has 1 aromatic carbocycles. The summed E-state index contributed by atoms with van der Waals surface area (Å²) in [6, 6.07) is 6.26. The van der Waals surface area contributed by atoms with Crippen LogP contribution in [0.2, 0.25) is 0 Å². The molecular weight excluding hydrogens is 249 g/mol. The lowest BCUT2D eigenvalue weighted by atomic mass is 10.2. The minimum absolute atomic E-state index is 0.146. The van der Waals surface area contributed by atoms with E-state index in [1.165, 1.54) is 6.07 Å². The second-order valence-corrected chi connectivity index (χ2v) is 2.89. The van der Waals surface area contributed by atoms with Gasteiger partial charge in [0.15, 0.2) is 0 Å². The largest absolute Gasteiger partial charge is 0.341 e. The van der Waals surface area contributed by atoms with Crippen LogP contribution in [0.4, 0.5) is 4.39 Å². The van der Waals surface area contributed by atoms with Gasteiger partial charge in [-0.05, 0) is 10.9 Å². The predicted molar refractivity (Wildman–Crippen MR) is 54.9 cm³/mol. The summed E-state index contributed by atoms with van der Waals surface area (Å²) in [5.41, 5.74) is 0.442. The van der Waals surface area contributed by atoms with Gasteiger partial charge in [-0.3, -0.25) is 4.79 Å². The Labute approximate surface area is 89.6 Å². The maximum absolute atomic E-state index is 13.0. The molecule has 0 unspecified atom stereocenters. The second kappa shape index (κ2) is 5.40. The number of carbonyl (C=O) groups excluding carboxylic acids is 1. The number of carbonyl (C=O) groups is 1. The molecule has 0 radical (unpaired) electrons. The zero-order valence-corrected chi connectivity index (χ0v) is 8.77. The van der Waals surface area contributed by atoms with E-state index in [1.54, 1.807) is 18.2 Å². The second-order valence-electron chi connectivity index (χ2n) is 2.49. The molecule has 0 aliphatic rings. The van der Waals surface area contributed by atoms with E-state index in [9.17, 15) is 9.18 Å².